The number of amides is 1. The molecule has 0 bridgehead atoms. The molecule has 19 heavy (non-hydrogen) atoms. The van der Waals surface area contributed by atoms with Gasteiger partial charge in [0, 0.05) is 30.2 Å². The first kappa shape index (κ1) is 14.4. The van der Waals surface area contributed by atoms with E-state index in [1.54, 1.807) is 6.92 Å². The Morgan fingerprint density at radius 2 is 2.05 bits per heavy atom. The van der Waals surface area contributed by atoms with Gasteiger partial charge in [0.2, 0.25) is 5.91 Å². The molecule has 3 nitrogen and oxygen atoms in total. The van der Waals surface area contributed by atoms with Gasteiger partial charge in [0.25, 0.3) is 0 Å². The van der Waals surface area contributed by atoms with Gasteiger partial charge in [0.1, 0.15) is 0 Å². The van der Waals surface area contributed by atoms with Gasteiger partial charge in [0.05, 0.1) is 6.04 Å². The summed E-state index contributed by atoms with van der Waals surface area (Å²) in [4.78, 5) is 25.0. The van der Waals surface area contributed by atoms with E-state index in [2.05, 4.69) is 0 Å². The highest BCUT2D eigenvalue weighted by Gasteiger charge is 2.34. The largest absolute Gasteiger partial charge is 0.335 e. The third-order valence-corrected chi connectivity index (χ3v) is 4.51. The van der Waals surface area contributed by atoms with Crippen molar-refractivity contribution in [3.05, 3.63) is 34.9 Å². The van der Waals surface area contributed by atoms with E-state index >= 15 is 0 Å². The predicted molar refractivity (Wildman–Crippen MR) is 78.3 cm³/mol. The lowest BCUT2D eigenvalue weighted by atomic mass is 10.1. The molecule has 1 fully saturated rings. The first-order valence-corrected chi connectivity index (χ1v) is 7.45. The second-order valence-corrected chi connectivity index (χ2v) is 6.62. The summed E-state index contributed by atoms with van der Waals surface area (Å²) in [7, 11) is 0. The highest BCUT2D eigenvalue weighted by molar-refractivity contribution is 8.14. The second kappa shape index (κ2) is 5.97. The van der Waals surface area contributed by atoms with E-state index in [9.17, 15) is 9.59 Å². The van der Waals surface area contributed by atoms with Crippen molar-refractivity contribution in [1.82, 2.24) is 4.90 Å². The fourth-order valence-electron chi connectivity index (χ4n) is 2.31. The van der Waals surface area contributed by atoms with Crippen LogP contribution in [0, 0.1) is 0 Å². The average Bonchev–Trinajstić information content (AvgIpc) is 2.69. The predicted octanol–water partition coefficient (Wildman–Crippen LogP) is 3.28. The van der Waals surface area contributed by atoms with Gasteiger partial charge in [-0.1, -0.05) is 35.5 Å². The van der Waals surface area contributed by atoms with Gasteiger partial charge in [-0.3, -0.25) is 9.59 Å². The average molecular weight is 298 g/mol. The van der Waals surface area contributed by atoms with Crippen LogP contribution in [0.4, 0.5) is 0 Å². The van der Waals surface area contributed by atoms with Crippen LogP contribution < -0.4 is 0 Å². The summed E-state index contributed by atoms with van der Waals surface area (Å²) in [6, 6.07) is 7.55. The summed E-state index contributed by atoms with van der Waals surface area (Å²) in [5, 5.41) is 0.840. The number of carbonyl (C=O) groups is 2. The summed E-state index contributed by atoms with van der Waals surface area (Å²) >= 11 is 7.13. The number of rotatable bonds is 3. The van der Waals surface area contributed by atoms with Crippen molar-refractivity contribution >= 4 is 34.4 Å². The van der Waals surface area contributed by atoms with Gasteiger partial charge in [-0.25, -0.2) is 0 Å². The molecule has 1 heterocycles. The maximum absolute atomic E-state index is 12.0. The van der Waals surface area contributed by atoms with Crippen molar-refractivity contribution < 1.29 is 9.59 Å². The topological polar surface area (TPSA) is 37.4 Å². The molecule has 1 amide bonds. The number of hydrogen-bond donors (Lipinski definition) is 0. The smallest absolute Gasteiger partial charge is 0.224 e. The number of hydrogen-bond acceptors (Lipinski definition) is 3. The molecule has 5 heteroatoms. The molecule has 1 aromatic carbocycles. The van der Waals surface area contributed by atoms with Crippen molar-refractivity contribution in [1.29, 1.82) is 0 Å². The zero-order valence-electron chi connectivity index (χ0n) is 10.9. The van der Waals surface area contributed by atoms with Gasteiger partial charge >= 0.3 is 0 Å². The van der Waals surface area contributed by atoms with Crippen LogP contribution in [-0.4, -0.2) is 27.7 Å². The number of halogens is 1. The van der Waals surface area contributed by atoms with E-state index in [4.69, 9.17) is 11.6 Å². The van der Waals surface area contributed by atoms with Gasteiger partial charge in [0.15, 0.2) is 5.12 Å². The van der Waals surface area contributed by atoms with Crippen molar-refractivity contribution in [3.63, 3.8) is 0 Å². The number of nitrogens with zero attached hydrogens (tertiary/aromatic N) is 1. The number of likely N-dealkylation sites (tertiary alicyclic amines) is 1. The van der Waals surface area contributed by atoms with Gasteiger partial charge in [-0.05, 0) is 24.6 Å². The molecular weight excluding hydrogens is 282 g/mol. The van der Waals surface area contributed by atoms with Crippen LogP contribution >= 0.6 is 23.4 Å². The fourth-order valence-corrected chi connectivity index (χ4v) is 3.36. The molecule has 2 unspecified atom stereocenters. The van der Waals surface area contributed by atoms with Crippen LogP contribution in [0.3, 0.4) is 0 Å². The van der Waals surface area contributed by atoms with E-state index in [0.29, 0.717) is 18.0 Å². The Morgan fingerprint density at radius 3 is 2.63 bits per heavy atom. The molecule has 1 aliphatic heterocycles. The first-order chi connectivity index (χ1) is 8.97. The quantitative estimate of drug-likeness (QED) is 0.859. The number of thioether (sulfide) groups is 1. The minimum atomic E-state index is 0.0160. The summed E-state index contributed by atoms with van der Waals surface area (Å²) in [6.07, 6.45) is 0.447. The Bertz CT molecular complexity index is 489. The molecule has 0 aliphatic carbocycles. The van der Waals surface area contributed by atoms with Gasteiger partial charge < -0.3 is 4.90 Å². The molecule has 102 valence electrons. The zero-order valence-corrected chi connectivity index (χ0v) is 12.5. The molecule has 0 saturated carbocycles. The Kier molecular flexibility index (Phi) is 4.53. The molecule has 0 spiro atoms. The van der Waals surface area contributed by atoms with Crippen LogP contribution in [0.1, 0.15) is 31.9 Å². The van der Waals surface area contributed by atoms with Crippen LogP contribution in [0.2, 0.25) is 5.02 Å². The van der Waals surface area contributed by atoms with E-state index < -0.39 is 0 Å². The Labute approximate surface area is 122 Å². The number of benzene rings is 1. The maximum Gasteiger partial charge on any atom is 0.224 e. The normalized spacial score (nSPS) is 20.7. The molecular formula is C14H16ClNO2S. The SMILES string of the molecule is CC(=O)SC1CC(=O)N(C(C)c2ccc(Cl)cc2)C1. The van der Waals surface area contributed by atoms with E-state index in [1.165, 1.54) is 11.8 Å². The lowest BCUT2D eigenvalue weighted by molar-refractivity contribution is -0.129. The molecule has 0 N–H and O–H groups in total. The van der Waals surface area contributed by atoms with Crippen LogP contribution in [0.5, 0.6) is 0 Å². The Hall–Kier alpha value is -1.00. The highest BCUT2D eigenvalue weighted by Crippen LogP contribution is 2.31. The first-order valence-electron chi connectivity index (χ1n) is 6.19. The Balaban J connectivity index is 2.07. The standard InChI is InChI=1S/C14H16ClNO2S/c1-9(11-3-5-12(15)6-4-11)16-8-13(7-14(16)18)19-10(2)17/h3-6,9,13H,7-8H2,1-2H3. The highest BCUT2D eigenvalue weighted by atomic mass is 35.5. The second-order valence-electron chi connectivity index (χ2n) is 4.71. The summed E-state index contributed by atoms with van der Waals surface area (Å²) < 4.78 is 0. The summed E-state index contributed by atoms with van der Waals surface area (Å²) in [5.74, 6) is 0.112. The molecule has 2 atom stereocenters. The monoisotopic (exact) mass is 297 g/mol. The minimum Gasteiger partial charge on any atom is -0.335 e. The summed E-state index contributed by atoms with van der Waals surface area (Å²) in [5.41, 5.74) is 1.06. The fraction of sp³-hybridized carbons (Fsp3) is 0.429. The van der Waals surface area contributed by atoms with Crippen LogP contribution in [-0.2, 0) is 9.59 Å². The molecule has 1 aromatic rings. The van der Waals surface area contributed by atoms with Crippen LogP contribution in [0.15, 0.2) is 24.3 Å². The maximum atomic E-state index is 12.0. The van der Waals surface area contributed by atoms with Crippen molar-refractivity contribution in [2.45, 2.75) is 31.6 Å². The summed E-state index contributed by atoms with van der Waals surface area (Å²) in [6.45, 7) is 4.18. The number of carbonyl (C=O) groups excluding carboxylic acids is 2. The van der Waals surface area contributed by atoms with Crippen molar-refractivity contribution in [2.24, 2.45) is 0 Å². The van der Waals surface area contributed by atoms with Crippen LogP contribution in [0.25, 0.3) is 0 Å². The molecule has 0 aromatic heterocycles. The molecule has 1 saturated heterocycles. The lowest BCUT2D eigenvalue weighted by Crippen LogP contribution is -2.28. The third-order valence-electron chi connectivity index (χ3n) is 3.28. The molecule has 0 radical (unpaired) electrons. The zero-order chi connectivity index (χ0) is 14.0. The van der Waals surface area contributed by atoms with Gasteiger partial charge in [-0.2, -0.15) is 0 Å². The van der Waals surface area contributed by atoms with E-state index in [-0.39, 0.29) is 22.3 Å². The van der Waals surface area contributed by atoms with Crippen molar-refractivity contribution in [3.8, 4) is 0 Å². The lowest BCUT2D eigenvalue weighted by Gasteiger charge is -2.25. The molecule has 2 rings (SSSR count). The molecule has 1 aliphatic rings. The minimum absolute atomic E-state index is 0.0160. The van der Waals surface area contributed by atoms with Crippen molar-refractivity contribution in [2.75, 3.05) is 6.54 Å². The van der Waals surface area contributed by atoms with E-state index in [1.807, 2.05) is 36.1 Å². The Morgan fingerprint density at radius 1 is 1.42 bits per heavy atom. The third kappa shape index (κ3) is 3.51. The van der Waals surface area contributed by atoms with E-state index in [0.717, 1.165) is 5.56 Å². The van der Waals surface area contributed by atoms with Gasteiger partial charge in [-0.15, -0.1) is 0 Å².